The molecule has 1 heterocycles. The van der Waals surface area contributed by atoms with Gasteiger partial charge < -0.3 is 4.98 Å². The predicted molar refractivity (Wildman–Crippen MR) is 83.7 cm³/mol. The number of aromatic amines is 1. The van der Waals surface area contributed by atoms with Gasteiger partial charge in [-0.1, -0.05) is 17.7 Å². The fourth-order valence-corrected chi connectivity index (χ4v) is 2.75. The number of H-pyrrole nitrogens is 1. The molecule has 4 heteroatoms. The number of benzene rings is 2. The molecule has 0 saturated carbocycles. The summed E-state index contributed by atoms with van der Waals surface area (Å²) in [6.45, 7) is 4.17. The largest absolute Gasteiger partial charge is 0.338 e. The maximum absolute atomic E-state index is 6.02. The van der Waals surface area contributed by atoms with Crippen molar-refractivity contribution in [3.05, 3.63) is 51.0 Å². The maximum atomic E-state index is 6.02. The molecule has 3 aromatic rings. The van der Waals surface area contributed by atoms with Crippen LogP contribution in [0.25, 0.3) is 22.4 Å². The summed E-state index contributed by atoms with van der Waals surface area (Å²) in [7, 11) is 0. The Morgan fingerprint density at radius 1 is 1.16 bits per heavy atom. The highest BCUT2D eigenvalue weighted by atomic mass is 79.9. The van der Waals surface area contributed by atoms with Gasteiger partial charge in [-0.05, 0) is 65.2 Å². The molecule has 0 aliphatic rings. The van der Waals surface area contributed by atoms with E-state index in [-0.39, 0.29) is 0 Å². The van der Waals surface area contributed by atoms with Crippen molar-refractivity contribution in [1.29, 1.82) is 0 Å². The van der Waals surface area contributed by atoms with E-state index in [9.17, 15) is 0 Å². The topological polar surface area (TPSA) is 28.7 Å². The van der Waals surface area contributed by atoms with E-state index in [0.717, 1.165) is 26.9 Å². The van der Waals surface area contributed by atoms with Gasteiger partial charge >= 0.3 is 0 Å². The quantitative estimate of drug-likeness (QED) is 0.645. The minimum Gasteiger partial charge on any atom is -0.338 e. The lowest BCUT2D eigenvalue weighted by molar-refractivity contribution is 1.33. The Kier molecular flexibility index (Phi) is 3.11. The van der Waals surface area contributed by atoms with E-state index < -0.39 is 0 Å². The number of halogens is 2. The zero-order valence-electron chi connectivity index (χ0n) is 10.6. The third-order valence-corrected chi connectivity index (χ3v) is 4.33. The average Bonchev–Trinajstić information content (AvgIpc) is 2.76. The van der Waals surface area contributed by atoms with Crippen molar-refractivity contribution in [1.82, 2.24) is 9.97 Å². The van der Waals surface area contributed by atoms with Gasteiger partial charge in [-0.3, -0.25) is 0 Å². The molecule has 0 radical (unpaired) electrons. The lowest BCUT2D eigenvalue weighted by atomic mass is 10.1. The van der Waals surface area contributed by atoms with Gasteiger partial charge in [0.25, 0.3) is 0 Å². The van der Waals surface area contributed by atoms with Gasteiger partial charge in [-0.2, -0.15) is 0 Å². The van der Waals surface area contributed by atoms with E-state index >= 15 is 0 Å². The van der Waals surface area contributed by atoms with E-state index in [0.29, 0.717) is 5.02 Å². The summed E-state index contributed by atoms with van der Waals surface area (Å²) in [5, 5.41) is 0.701. The number of imidazole rings is 1. The van der Waals surface area contributed by atoms with Crippen molar-refractivity contribution < 1.29 is 0 Å². The first-order valence-electron chi connectivity index (χ1n) is 5.97. The number of aromatic nitrogens is 2. The molecular formula is C15H12BrClN2. The molecule has 0 bridgehead atoms. The fraction of sp³-hybridized carbons (Fsp3) is 0.133. The highest BCUT2D eigenvalue weighted by Gasteiger charge is 2.09. The van der Waals surface area contributed by atoms with Crippen molar-refractivity contribution in [3.8, 4) is 11.4 Å². The Morgan fingerprint density at radius 3 is 2.68 bits per heavy atom. The molecule has 1 aromatic heterocycles. The van der Waals surface area contributed by atoms with Crippen LogP contribution in [-0.2, 0) is 0 Å². The van der Waals surface area contributed by atoms with Crippen LogP contribution < -0.4 is 0 Å². The third-order valence-electron chi connectivity index (χ3n) is 3.11. The first-order valence-corrected chi connectivity index (χ1v) is 7.14. The van der Waals surface area contributed by atoms with Gasteiger partial charge in [0.05, 0.1) is 16.1 Å². The molecule has 0 atom stereocenters. The van der Waals surface area contributed by atoms with Crippen molar-refractivity contribution >= 4 is 38.6 Å². The zero-order valence-corrected chi connectivity index (χ0v) is 12.9. The molecule has 0 amide bonds. The third kappa shape index (κ3) is 2.28. The first kappa shape index (κ1) is 12.7. The van der Waals surface area contributed by atoms with Crippen molar-refractivity contribution in [2.75, 3.05) is 0 Å². The van der Waals surface area contributed by atoms with E-state index in [1.807, 2.05) is 18.2 Å². The van der Waals surface area contributed by atoms with Crippen molar-refractivity contribution in [2.24, 2.45) is 0 Å². The molecule has 3 rings (SSSR count). The number of nitrogens with one attached hydrogen (secondary N) is 1. The summed E-state index contributed by atoms with van der Waals surface area (Å²) in [5.41, 5.74) is 5.53. The first-order chi connectivity index (χ1) is 9.04. The van der Waals surface area contributed by atoms with Gasteiger partial charge in [0, 0.05) is 10.0 Å². The van der Waals surface area contributed by atoms with Crippen LogP contribution in [0.4, 0.5) is 0 Å². The summed E-state index contributed by atoms with van der Waals surface area (Å²) in [6.07, 6.45) is 0. The number of hydrogen-bond donors (Lipinski definition) is 1. The SMILES string of the molecule is Cc1cc(C)c2nc(-c3ccc(Cl)c(Br)c3)[nH]c2c1. The van der Waals surface area contributed by atoms with Crippen LogP contribution in [0.2, 0.25) is 5.02 Å². The smallest absolute Gasteiger partial charge is 0.138 e. The van der Waals surface area contributed by atoms with Crippen molar-refractivity contribution in [2.45, 2.75) is 13.8 Å². The van der Waals surface area contributed by atoms with Gasteiger partial charge in [-0.25, -0.2) is 4.98 Å². The molecule has 2 aromatic carbocycles. The van der Waals surface area contributed by atoms with Crippen LogP contribution in [0.1, 0.15) is 11.1 Å². The highest BCUT2D eigenvalue weighted by molar-refractivity contribution is 9.10. The molecule has 1 N–H and O–H groups in total. The summed E-state index contributed by atoms with van der Waals surface area (Å²) in [4.78, 5) is 8.04. The van der Waals surface area contributed by atoms with E-state index in [1.54, 1.807) is 0 Å². The Balaban J connectivity index is 2.20. The molecule has 0 unspecified atom stereocenters. The Hall–Kier alpha value is -1.32. The summed E-state index contributed by atoms with van der Waals surface area (Å²) in [6, 6.07) is 10.1. The molecule has 0 saturated heterocycles. The van der Waals surface area contributed by atoms with Gasteiger partial charge in [0.2, 0.25) is 0 Å². The van der Waals surface area contributed by atoms with Crippen molar-refractivity contribution in [3.63, 3.8) is 0 Å². The van der Waals surface area contributed by atoms with Gasteiger partial charge in [0.1, 0.15) is 5.82 Å². The maximum Gasteiger partial charge on any atom is 0.138 e. The molecule has 2 nitrogen and oxygen atoms in total. The molecule has 0 aliphatic heterocycles. The minimum absolute atomic E-state index is 0.701. The Labute approximate surface area is 124 Å². The van der Waals surface area contributed by atoms with Crippen LogP contribution in [0, 0.1) is 13.8 Å². The summed E-state index contributed by atoms with van der Waals surface area (Å²) in [5.74, 6) is 0.862. The summed E-state index contributed by atoms with van der Waals surface area (Å²) < 4.78 is 0.875. The second kappa shape index (κ2) is 4.66. The van der Waals surface area contributed by atoms with Crippen LogP contribution in [0.3, 0.4) is 0 Å². The van der Waals surface area contributed by atoms with E-state index in [1.165, 1.54) is 11.1 Å². The second-order valence-corrected chi connectivity index (χ2v) is 5.95. The number of fused-ring (bicyclic) bond motifs is 1. The standard InChI is InChI=1S/C15H12BrClN2/c1-8-5-9(2)14-13(6-8)18-15(19-14)10-3-4-12(17)11(16)7-10/h3-7H,1-2H3,(H,18,19). The number of hydrogen-bond acceptors (Lipinski definition) is 1. The van der Waals surface area contributed by atoms with Crippen LogP contribution in [-0.4, -0.2) is 9.97 Å². The van der Waals surface area contributed by atoms with Crippen LogP contribution >= 0.6 is 27.5 Å². The summed E-state index contributed by atoms with van der Waals surface area (Å²) >= 11 is 9.45. The lowest BCUT2D eigenvalue weighted by Gasteiger charge is -1.99. The number of rotatable bonds is 1. The molecular weight excluding hydrogens is 324 g/mol. The minimum atomic E-state index is 0.701. The normalized spacial score (nSPS) is 11.2. The highest BCUT2D eigenvalue weighted by Crippen LogP contribution is 2.29. The Bertz CT molecular complexity index is 777. The van der Waals surface area contributed by atoms with E-state index in [4.69, 9.17) is 11.6 Å². The molecule has 0 spiro atoms. The second-order valence-electron chi connectivity index (χ2n) is 4.69. The van der Waals surface area contributed by atoms with Crippen LogP contribution in [0.5, 0.6) is 0 Å². The zero-order chi connectivity index (χ0) is 13.6. The van der Waals surface area contributed by atoms with Gasteiger partial charge in [0.15, 0.2) is 0 Å². The fourth-order valence-electron chi connectivity index (χ4n) is 2.25. The predicted octanol–water partition coefficient (Wildman–Crippen LogP) is 5.26. The van der Waals surface area contributed by atoms with E-state index in [2.05, 4.69) is 51.9 Å². The number of aryl methyl sites for hydroxylation is 2. The van der Waals surface area contributed by atoms with Gasteiger partial charge in [-0.15, -0.1) is 0 Å². The molecule has 96 valence electrons. The monoisotopic (exact) mass is 334 g/mol. The lowest BCUT2D eigenvalue weighted by Crippen LogP contribution is -1.81. The molecule has 0 fully saturated rings. The average molecular weight is 336 g/mol. The van der Waals surface area contributed by atoms with Crippen LogP contribution in [0.15, 0.2) is 34.8 Å². The molecule has 19 heavy (non-hydrogen) atoms. The number of nitrogens with zero attached hydrogens (tertiary/aromatic N) is 1. The molecule has 0 aliphatic carbocycles. The Morgan fingerprint density at radius 2 is 1.95 bits per heavy atom.